The second kappa shape index (κ2) is 9.38. The number of hydrogen-bond donors (Lipinski definition) is 2. The van der Waals surface area contributed by atoms with E-state index in [9.17, 15) is 26.4 Å². The first kappa shape index (κ1) is 25.1. The number of fused-ring (bicyclic) bond motifs is 1. The van der Waals surface area contributed by atoms with Crippen LogP contribution in [0.3, 0.4) is 0 Å². The number of hydrogen-bond acceptors (Lipinski definition) is 5. The van der Waals surface area contributed by atoms with Crippen molar-refractivity contribution in [3.05, 3.63) is 107 Å². The van der Waals surface area contributed by atoms with Crippen LogP contribution in [0.25, 0.3) is 22.2 Å². The van der Waals surface area contributed by atoms with Crippen molar-refractivity contribution in [2.45, 2.75) is 11.8 Å². The predicted molar refractivity (Wildman–Crippen MR) is 131 cm³/mol. The Bertz CT molecular complexity index is 1840. The zero-order valence-electron chi connectivity index (χ0n) is 19.4. The smallest absolute Gasteiger partial charge is 0.265 e. The summed E-state index contributed by atoms with van der Waals surface area (Å²) in [6.45, 7) is 1.82. The van der Waals surface area contributed by atoms with Crippen molar-refractivity contribution in [2.24, 2.45) is 0 Å². The van der Waals surface area contributed by atoms with E-state index in [1.165, 1.54) is 6.20 Å². The molecule has 5 aromatic rings. The molecule has 3 heterocycles. The van der Waals surface area contributed by atoms with E-state index in [-0.39, 0.29) is 16.6 Å². The fourth-order valence-electron chi connectivity index (χ4n) is 3.84. The predicted octanol–water partition coefficient (Wildman–Crippen LogP) is 5.52. The number of ketones is 1. The minimum atomic E-state index is -4.83. The van der Waals surface area contributed by atoms with E-state index in [0.29, 0.717) is 35.4 Å². The molecule has 0 bridgehead atoms. The molecule has 0 aliphatic rings. The van der Waals surface area contributed by atoms with E-state index in [1.54, 1.807) is 35.3 Å². The van der Waals surface area contributed by atoms with Gasteiger partial charge in [0.25, 0.3) is 10.0 Å². The summed E-state index contributed by atoms with van der Waals surface area (Å²) in [5.74, 6) is -6.21. The summed E-state index contributed by atoms with van der Waals surface area (Å²) in [7, 11) is -4.83. The number of carbonyl (C=O) groups is 1. The second-order valence-electron chi connectivity index (χ2n) is 8.30. The maximum absolute atomic E-state index is 15.4. The summed E-state index contributed by atoms with van der Waals surface area (Å²) in [6.07, 6.45) is 4.39. The van der Waals surface area contributed by atoms with Crippen molar-refractivity contribution in [2.75, 3.05) is 4.72 Å². The highest BCUT2D eigenvalue weighted by Crippen LogP contribution is 2.30. The van der Waals surface area contributed by atoms with Gasteiger partial charge in [-0.1, -0.05) is 6.07 Å². The average Bonchev–Trinajstić information content (AvgIpc) is 3.31. The first-order valence-electron chi connectivity index (χ1n) is 11.0. The molecule has 2 aromatic carbocycles. The fourth-order valence-corrected chi connectivity index (χ4v) is 4.99. The van der Waals surface area contributed by atoms with E-state index in [4.69, 9.17) is 0 Å². The summed E-state index contributed by atoms with van der Waals surface area (Å²) < 4.78 is 84.7. The zero-order chi connectivity index (χ0) is 27.2. The van der Waals surface area contributed by atoms with E-state index in [0.717, 1.165) is 11.8 Å². The number of aromatic amines is 1. The molecule has 0 saturated heterocycles. The Morgan fingerprint density at radius 3 is 2.37 bits per heavy atom. The summed E-state index contributed by atoms with van der Waals surface area (Å²) >= 11 is 0. The number of benzene rings is 2. The number of halogens is 4. The number of aryl methyl sites for hydroxylation is 1. The Kier molecular flexibility index (Phi) is 6.19. The molecule has 0 atom stereocenters. The maximum Gasteiger partial charge on any atom is 0.265 e. The first-order valence-corrected chi connectivity index (χ1v) is 12.4. The highest BCUT2D eigenvalue weighted by Gasteiger charge is 2.27. The topological polar surface area (TPSA) is 105 Å². The van der Waals surface area contributed by atoms with Gasteiger partial charge in [-0.15, -0.1) is 0 Å². The van der Waals surface area contributed by atoms with Crippen LogP contribution in [0.5, 0.6) is 0 Å². The number of anilines is 1. The molecule has 192 valence electrons. The van der Waals surface area contributed by atoms with E-state index < -0.39 is 55.2 Å². The Hall–Kier alpha value is -4.58. The third-order valence-corrected chi connectivity index (χ3v) is 7.15. The fraction of sp³-hybridized carbons (Fsp3) is 0.0385. The highest BCUT2D eigenvalue weighted by atomic mass is 32.2. The van der Waals surface area contributed by atoms with Gasteiger partial charge in [0.1, 0.15) is 28.0 Å². The van der Waals surface area contributed by atoms with Gasteiger partial charge in [0.05, 0.1) is 11.3 Å². The SMILES string of the molecule is Cc1ccc(-c2cnc3[nH]cc(C(=O)c4c(F)ccc(NS(=O)(=O)c5cc(F)ccc5F)c4F)c3c2)cn1. The summed E-state index contributed by atoms with van der Waals surface area (Å²) in [5, 5.41) is 0.264. The van der Waals surface area contributed by atoms with Crippen molar-refractivity contribution < 1.29 is 30.8 Å². The van der Waals surface area contributed by atoms with Crippen LogP contribution in [0.4, 0.5) is 23.2 Å². The van der Waals surface area contributed by atoms with Crippen LogP contribution in [0.1, 0.15) is 21.6 Å². The van der Waals surface area contributed by atoms with Crippen LogP contribution in [-0.2, 0) is 10.0 Å². The van der Waals surface area contributed by atoms with Crippen molar-refractivity contribution in [1.82, 2.24) is 15.0 Å². The minimum absolute atomic E-state index is 0.122. The largest absolute Gasteiger partial charge is 0.345 e. The molecular weight excluding hydrogens is 524 g/mol. The molecule has 0 amide bonds. The van der Waals surface area contributed by atoms with E-state index >= 15 is 4.39 Å². The molecule has 2 N–H and O–H groups in total. The molecule has 0 unspecified atom stereocenters. The lowest BCUT2D eigenvalue weighted by molar-refractivity contribution is 0.103. The normalized spacial score (nSPS) is 11.6. The highest BCUT2D eigenvalue weighted by molar-refractivity contribution is 7.92. The average molecular weight is 540 g/mol. The molecule has 0 aliphatic heterocycles. The van der Waals surface area contributed by atoms with Gasteiger partial charge in [-0.3, -0.25) is 14.5 Å². The van der Waals surface area contributed by atoms with Gasteiger partial charge in [0.2, 0.25) is 5.78 Å². The Morgan fingerprint density at radius 1 is 0.895 bits per heavy atom. The number of pyridine rings is 2. The van der Waals surface area contributed by atoms with Gasteiger partial charge in [-0.05, 0) is 49.4 Å². The number of nitrogens with one attached hydrogen (secondary N) is 2. The summed E-state index contributed by atoms with van der Waals surface area (Å²) in [4.78, 5) is 23.5. The molecule has 3 aromatic heterocycles. The first-order chi connectivity index (χ1) is 18.0. The van der Waals surface area contributed by atoms with Gasteiger partial charge < -0.3 is 4.98 Å². The van der Waals surface area contributed by atoms with Crippen molar-refractivity contribution >= 4 is 32.5 Å². The molecule has 0 fully saturated rings. The van der Waals surface area contributed by atoms with Crippen molar-refractivity contribution in [1.29, 1.82) is 0 Å². The van der Waals surface area contributed by atoms with Crippen LogP contribution in [-0.4, -0.2) is 29.2 Å². The Labute approximate surface area is 213 Å². The molecule has 38 heavy (non-hydrogen) atoms. The lowest BCUT2D eigenvalue weighted by atomic mass is 10.00. The molecule has 0 radical (unpaired) electrons. The van der Waals surface area contributed by atoms with Crippen LogP contribution in [0, 0.1) is 30.2 Å². The third kappa shape index (κ3) is 4.50. The molecule has 0 spiro atoms. The lowest BCUT2D eigenvalue weighted by Gasteiger charge is -2.12. The van der Waals surface area contributed by atoms with Crippen molar-refractivity contribution in [3.8, 4) is 11.1 Å². The quantitative estimate of drug-likeness (QED) is 0.218. The van der Waals surface area contributed by atoms with E-state index in [1.807, 2.05) is 6.92 Å². The molecule has 12 heteroatoms. The third-order valence-electron chi connectivity index (χ3n) is 5.77. The lowest BCUT2D eigenvalue weighted by Crippen LogP contribution is -2.17. The monoisotopic (exact) mass is 540 g/mol. The molecule has 7 nitrogen and oxygen atoms in total. The number of sulfonamides is 1. The number of carbonyl (C=O) groups excluding carboxylic acids is 1. The van der Waals surface area contributed by atoms with Crippen molar-refractivity contribution in [3.63, 3.8) is 0 Å². The van der Waals surface area contributed by atoms with Crippen LogP contribution in [0.2, 0.25) is 0 Å². The summed E-state index contributed by atoms with van der Waals surface area (Å²) in [6, 6.07) is 8.32. The Morgan fingerprint density at radius 2 is 1.63 bits per heavy atom. The van der Waals surface area contributed by atoms with Crippen LogP contribution >= 0.6 is 0 Å². The van der Waals surface area contributed by atoms with Gasteiger partial charge in [-0.25, -0.2) is 31.0 Å². The molecule has 0 saturated carbocycles. The maximum atomic E-state index is 15.4. The second-order valence-corrected chi connectivity index (χ2v) is 9.95. The molecule has 0 aliphatic carbocycles. The zero-order valence-corrected chi connectivity index (χ0v) is 20.2. The Balaban J connectivity index is 1.55. The van der Waals surface area contributed by atoms with E-state index in [2.05, 4.69) is 15.0 Å². The van der Waals surface area contributed by atoms with Crippen LogP contribution in [0.15, 0.2) is 72.0 Å². The standard InChI is InChI=1S/C26H16F4N4O3S/c1-13-2-3-14(10-31-13)15-8-17-18(12-33-26(17)32-11-15)25(35)23-20(29)6-7-21(24(23)30)34-38(36,37)22-9-16(27)4-5-19(22)28/h2-12,34H,1H3,(H,32,33). The molecular formula is C26H16F4N4O3S. The molecule has 5 rings (SSSR count). The van der Waals surface area contributed by atoms with Gasteiger partial charge in [0.15, 0.2) is 5.82 Å². The van der Waals surface area contributed by atoms with Gasteiger partial charge in [0, 0.05) is 46.4 Å². The minimum Gasteiger partial charge on any atom is -0.345 e. The number of aromatic nitrogens is 3. The number of nitrogens with zero attached hydrogens (tertiary/aromatic N) is 2. The number of rotatable bonds is 6. The van der Waals surface area contributed by atoms with Crippen LogP contribution < -0.4 is 4.72 Å². The number of H-pyrrole nitrogens is 1. The van der Waals surface area contributed by atoms with Gasteiger partial charge in [-0.2, -0.15) is 0 Å². The summed E-state index contributed by atoms with van der Waals surface area (Å²) in [5.41, 5.74) is 0.360. The van der Waals surface area contributed by atoms with Gasteiger partial charge >= 0.3 is 0 Å².